The number of nitrogens with two attached hydrogens (primary N) is 1. The van der Waals surface area contributed by atoms with Gasteiger partial charge in [-0.15, -0.1) is 11.3 Å². The van der Waals surface area contributed by atoms with E-state index >= 15 is 0 Å². The minimum Gasteiger partial charge on any atom is -0.481 e. The van der Waals surface area contributed by atoms with Crippen LogP contribution in [-0.4, -0.2) is 52.9 Å². The molecular formula is C27H26F4N8O3S. The summed E-state index contributed by atoms with van der Waals surface area (Å²) in [5.74, 6) is -2.26. The first-order valence-electron chi connectivity index (χ1n) is 13.5. The fraction of sp³-hybridized carbons (Fsp3) is 0.444. The lowest BCUT2D eigenvalue weighted by molar-refractivity contribution is -0.146. The van der Waals surface area contributed by atoms with E-state index in [0.717, 1.165) is 18.9 Å². The predicted molar refractivity (Wildman–Crippen MR) is 148 cm³/mol. The number of aliphatic carboxylic acids is 1. The summed E-state index contributed by atoms with van der Waals surface area (Å²) in [6.07, 6.45) is -2.84. The van der Waals surface area contributed by atoms with Crippen LogP contribution < -0.4 is 11.1 Å². The lowest BCUT2D eigenvalue weighted by Gasteiger charge is -2.25. The number of nitrogens with one attached hydrogen (secondary N) is 1. The molecule has 4 aromatic rings. The Morgan fingerprint density at radius 2 is 2.00 bits per heavy atom. The van der Waals surface area contributed by atoms with Crippen molar-refractivity contribution < 1.29 is 32.3 Å². The van der Waals surface area contributed by atoms with Crippen molar-refractivity contribution in [2.75, 3.05) is 11.1 Å². The van der Waals surface area contributed by atoms with Gasteiger partial charge in [-0.25, -0.2) is 19.9 Å². The first-order chi connectivity index (χ1) is 20.2. The van der Waals surface area contributed by atoms with Crippen LogP contribution in [0.25, 0.3) is 22.4 Å². The molecule has 1 saturated carbocycles. The summed E-state index contributed by atoms with van der Waals surface area (Å²) in [6.45, 7) is 3.08. The summed E-state index contributed by atoms with van der Waals surface area (Å²) in [6, 6.07) is 1.09. The number of rotatable bonds is 9. The second-order valence-electron chi connectivity index (χ2n) is 11.5. The number of nitrogen functional groups attached to an aromatic ring is 1. The van der Waals surface area contributed by atoms with Crippen LogP contribution in [0.2, 0.25) is 0 Å². The summed E-state index contributed by atoms with van der Waals surface area (Å²) in [5, 5.41) is 19.2. The Morgan fingerprint density at radius 3 is 2.67 bits per heavy atom. The van der Waals surface area contributed by atoms with Crippen LogP contribution in [0.5, 0.6) is 0 Å². The van der Waals surface area contributed by atoms with Gasteiger partial charge in [-0.3, -0.25) is 14.3 Å². The molecule has 1 unspecified atom stereocenters. The highest BCUT2D eigenvalue weighted by Gasteiger charge is 2.61. The normalized spacial score (nSPS) is 18.7. The maximum Gasteiger partial charge on any atom is 0.389 e. The maximum absolute atomic E-state index is 14.2. The number of carbonyl (C=O) groups excluding carboxylic acids is 1. The number of halogens is 4. The van der Waals surface area contributed by atoms with Crippen molar-refractivity contribution in [1.82, 2.24) is 29.7 Å². The Kier molecular flexibility index (Phi) is 6.67. The molecule has 11 nitrogen and oxygen atoms in total. The standard InChI is InChI=1S/C27H26F4N8O3S/c1-25(2,24(41)42)9-13-11-43-23(34-13)27(12-4-5-12)17-19(32)35-21(36-20(17)37-22(27)40)18-14-8-16(28)33-10-15(14)39(38-18)7-3-6-26(29,30)31/h8,10-12H,3-7,9H2,1-2H3,(H,41,42)(H3,32,35,36,37,40). The van der Waals surface area contributed by atoms with Crippen molar-refractivity contribution in [3.63, 3.8) is 0 Å². The highest BCUT2D eigenvalue weighted by molar-refractivity contribution is 7.10. The second kappa shape index (κ2) is 9.92. The van der Waals surface area contributed by atoms with E-state index in [0.29, 0.717) is 16.3 Å². The van der Waals surface area contributed by atoms with Gasteiger partial charge >= 0.3 is 12.1 Å². The molecule has 1 amide bonds. The Morgan fingerprint density at radius 1 is 1.26 bits per heavy atom. The molecule has 4 aromatic heterocycles. The molecule has 16 heteroatoms. The van der Waals surface area contributed by atoms with Gasteiger partial charge in [0.15, 0.2) is 5.82 Å². The molecule has 0 aromatic carbocycles. The molecule has 0 radical (unpaired) electrons. The number of carboxylic acids is 1. The van der Waals surface area contributed by atoms with Crippen LogP contribution in [0, 0.1) is 17.3 Å². The number of hydrogen-bond donors (Lipinski definition) is 3. The van der Waals surface area contributed by atoms with E-state index in [1.807, 2.05) is 0 Å². The largest absolute Gasteiger partial charge is 0.481 e. The number of thiazole rings is 1. The number of amides is 1. The molecule has 43 heavy (non-hydrogen) atoms. The molecule has 1 fully saturated rings. The van der Waals surface area contributed by atoms with E-state index in [2.05, 4.69) is 25.4 Å². The second-order valence-corrected chi connectivity index (χ2v) is 12.4. The van der Waals surface area contributed by atoms with Gasteiger partial charge in [0.2, 0.25) is 11.9 Å². The molecule has 0 spiro atoms. The molecule has 0 bridgehead atoms. The van der Waals surface area contributed by atoms with Gasteiger partial charge in [0, 0.05) is 36.2 Å². The molecule has 0 saturated heterocycles. The van der Waals surface area contributed by atoms with Crippen molar-refractivity contribution in [1.29, 1.82) is 0 Å². The summed E-state index contributed by atoms with van der Waals surface area (Å²) in [4.78, 5) is 42.8. The minimum atomic E-state index is -4.34. The molecule has 1 aliphatic heterocycles. The van der Waals surface area contributed by atoms with E-state index in [1.54, 1.807) is 19.2 Å². The Bertz CT molecular complexity index is 1780. The van der Waals surface area contributed by atoms with Crippen LogP contribution in [-0.2, 0) is 28.0 Å². The number of aryl methyl sites for hydroxylation is 1. The molecule has 4 N–H and O–H groups in total. The summed E-state index contributed by atoms with van der Waals surface area (Å²) in [5.41, 5.74) is 5.42. The average Bonchev–Trinajstić information content (AvgIpc) is 3.44. The predicted octanol–water partition coefficient (Wildman–Crippen LogP) is 4.71. The Hall–Kier alpha value is -4.21. The van der Waals surface area contributed by atoms with E-state index in [4.69, 9.17) is 10.7 Å². The highest BCUT2D eigenvalue weighted by atomic mass is 32.1. The van der Waals surface area contributed by atoms with Crippen molar-refractivity contribution >= 4 is 45.8 Å². The minimum absolute atomic E-state index is 0.0258. The number of hydrogen-bond acceptors (Lipinski definition) is 9. The van der Waals surface area contributed by atoms with Crippen LogP contribution in [0.3, 0.4) is 0 Å². The smallest absolute Gasteiger partial charge is 0.389 e. The molecular weight excluding hydrogens is 592 g/mol. The lowest BCUT2D eigenvalue weighted by Crippen LogP contribution is -2.38. The van der Waals surface area contributed by atoms with E-state index in [-0.39, 0.29) is 65.3 Å². The molecule has 2 aliphatic rings. The van der Waals surface area contributed by atoms with Crippen LogP contribution in [0.4, 0.5) is 29.2 Å². The van der Waals surface area contributed by atoms with Crippen LogP contribution >= 0.6 is 11.3 Å². The molecule has 1 aliphatic carbocycles. The molecule has 226 valence electrons. The lowest BCUT2D eigenvalue weighted by atomic mass is 9.78. The van der Waals surface area contributed by atoms with E-state index < -0.39 is 35.3 Å². The number of anilines is 2. The zero-order valence-corrected chi connectivity index (χ0v) is 23.8. The number of aromatic nitrogens is 6. The van der Waals surface area contributed by atoms with E-state index in [1.165, 1.54) is 22.2 Å². The number of fused-ring (bicyclic) bond motifs is 2. The first kappa shape index (κ1) is 28.9. The average molecular weight is 619 g/mol. The van der Waals surface area contributed by atoms with Crippen LogP contribution in [0.1, 0.15) is 55.8 Å². The highest BCUT2D eigenvalue weighted by Crippen LogP contribution is 2.58. The van der Waals surface area contributed by atoms with Crippen molar-refractivity contribution in [2.45, 2.75) is 64.1 Å². The van der Waals surface area contributed by atoms with Crippen molar-refractivity contribution in [2.24, 2.45) is 11.3 Å². The molecule has 6 rings (SSSR count). The number of nitrogens with zero attached hydrogens (tertiary/aromatic N) is 6. The van der Waals surface area contributed by atoms with Gasteiger partial charge in [0.1, 0.15) is 27.8 Å². The Labute approximate surface area is 245 Å². The third kappa shape index (κ3) is 4.96. The Balaban J connectivity index is 1.42. The number of carboxylic acid groups (broad SMARTS) is 1. The summed E-state index contributed by atoms with van der Waals surface area (Å²) in [7, 11) is 0. The SMILES string of the molecule is CC(C)(Cc1csc(C2(C3CC3)C(=O)Nc3nc(-c4nn(CCCC(F)(F)F)c5cnc(F)cc45)nc(N)c32)n1)C(=O)O. The van der Waals surface area contributed by atoms with Gasteiger partial charge in [-0.2, -0.15) is 22.7 Å². The zero-order chi connectivity index (χ0) is 30.9. The maximum atomic E-state index is 14.2. The molecule has 1 atom stereocenters. The quantitative estimate of drug-likeness (QED) is 0.178. The summed E-state index contributed by atoms with van der Waals surface area (Å²) < 4.78 is 53.8. The topological polar surface area (TPSA) is 162 Å². The first-order valence-corrected chi connectivity index (χ1v) is 14.4. The van der Waals surface area contributed by atoms with Gasteiger partial charge in [0.05, 0.1) is 28.4 Å². The van der Waals surface area contributed by atoms with E-state index in [9.17, 15) is 32.3 Å². The number of alkyl halides is 3. The van der Waals surface area contributed by atoms with Gasteiger partial charge < -0.3 is 16.2 Å². The third-order valence-electron chi connectivity index (χ3n) is 7.85. The summed E-state index contributed by atoms with van der Waals surface area (Å²) >= 11 is 1.24. The van der Waals surface area contributed by atoms with Crippen molar-refractivity contribution in [3.8, 4) is 11.5 Å². The fourth-order valence-corrected chi connectivity index (χ4v) is 6.68. The zero-order valence-electron chi connectivity index (χ0n) is 23.0. The van der Waals surface area contributed by atoms with Gasteiger partial charge in [-0.05, 0) is 39.0 Å². The van der Waals surface area contributed by atoms with Crippen molar-refractivity contribution in [3.05, 3.63) is 39.9 Å². The number of carbonyl (C=O) groups is 2. The third-order valence-corrected chi connectivity index (χ3v) is 8.87. The van der Waals surface area contributed by atoms with Gasteiger partial charge in [-0.1, -0.05) is 0 Å². The molecule has 5 heterocycles. The van der Waals surface area contributed by atoms with Crippen LogP contribution in [0.15, 0.2) is 17.6 Å². The number of pyridine rings is 1. The van der Waals surface area contributed by atoms with Gasteiger partial charge in [0.25, 0.3) is 0 Å². The fourth-order valence-electron chi connectivity index (χ4n) is 5.58. The monoisotopic (exact) mass is 618 g/mol.